The Morgan fingerprint density at radius 3 is 2.19 bits per heavy atom. The zero-order valence-electron chi connectivity index (χ0n) is 13.9. The van der Waals surface area contributed by atoms with Crippen molar-refractivity contribution in [3.8, 4) is 0 Å². The highest BCUT2D eigenvalue weighted by molar-refractivity contribution is 5.21. The quantitative estimate of drug-likeness (QED) is 0.833. The van der Waals surface area contributed by atoms with Crippen molar-refractivity contribution in [2.75, 3.05) is 39.3 Å². The van der Waals surface area contributed by atoms with Crippen LogP contribution in [0.3, 0.4) is 0 Å². The molecule has 0 saturated carbocycles. The third-order valence-electron chi connectivity index (χ3n) is 4.71. The molecular formula is C18H31N3. The van der Waals surface area contributed by atoms with Crippen LogP contribution in [-0.4, -0.2) is 55.1 Å². The second-order valence-electron chi connectivity index (χ2n) is 5.89. The molecule has 2 atom stereocenters. The summed E-state index contributed by atoms with van der Waals surface area (Å²) in [6.45, 7) is 13.8. The zero-order chi connectivity index (χ0) is 15.1. The van der Waals surface area contributed by atoms with Crippen molar-refractivity contribution in [2.45, 2.75) is 39.3 Å². The van der Waals surface area contributed by atoms with Crippen molar-refractivity contribution in [3.63, 3.8) is 0 Å². The number of piperazine rings is 1. The van der Waals surface area contributed by atoms with Gasteiger partial charge in [0.15, 0.2) is 0 Å². The second kappa shape index (κ2) is 8.52. The maximum absolute atomic E-state index is 3.72. The van der Waals surface area contributed by atoms with Gasteiger partial charge in [-0.2, -0.15) is 0 Å². The number of likely N-dealkylation sites (N-methyl/N-ethyl adjacent to an activating group) is 2. The Bertz CT molecular complexity index is 385. The van der Waals surface area contributed by atoms with Gasteiger partial charge in [0.05, 0.1) is 0 Å². The van der Waals surface area contributed by atoms with Gasteiger partial charge in [0.1, 0.15) is 0 Å². The molecule has 1 aliphatic rings. The molecule has 0 bridgehead atoms. The van der Waals surface area contributed by atoms with Crippen LogP contribution in [0.2, 0.25) is 0 Å². The van der Waals surface area contributed by atoms with Gasteiger partial charge in [-0.15, -0.1) is 0 Å². The molecule has 2 rings (SSSR count). The van der Waals surface area contributed by atoms with Crippen molar-refractivity contribution in [2.24, 2.45) is 0 Å². The van der Waals surface area contributed by atoms with E-state index in [1.807, 2.05) is 0 Å². The van der Waals surface area contributed by atoms with Gasteiger partial charge in [-0.1, -0.05) is 51.1 Å². The first-order valence-corrected chi connectivity index (χ1v) is 8.54. The van der Waals surface area contributed by atoms with E-state index in [-0.39, 0.29) is 0 Å². The maximum Gasteiger partial charge on any atom is 0.0477 e. The first-order valence-electron chi connectivity index (χ1n) is 8.54. The molecule has 1 aliphatic heterocycles. The van der Waals surface area contributed by atoms with Crippen LogP contribution >= 0.6 is 0 Å². The Kier molecular flexibility index (Phi) is 6.68. The Morgan fingerprint density at radius 1 is 1.00 bits per heavy atom. The van der Waals surface area contributed by atoms with Crippen molar-refractivity contribution in [3.05, 3.63) is 35.9 Å². The first kappa shape index (κ1) is 16.5. The topological polar surface area (TPSA) is 18.5 Å². The smallest absolute Gasteiger partial charge is 0.0477 e. The molecule has 1 aromatic rings. The number of hydrogen-bond donors (Lipinski definition) is 1. The fraction of sp³-hybridized carbons (Fsp3) is 0.667. The number of hydrogen-bond acceptors (Lipinski definition) is 3. The first-order chi connectivity index (χ1) is 10.3. The van der Waals surface area contributed by atoms with Crippen LogP contribution in [0, 0.1) is 0 Å². The third kappa shape index (κ3) is 4.29. The van der Waals surface area contributed by atoms with Gasteiger partial charge < -0.3 is 10.2 Å². The Balaban J connectivity index is 2.09. The predicted octanol–water partition coefficient (Wildman–Crippen LogP) is 2.75. The monoisotopic (exact) mass is 289 g/mol. The summed E-state index contributed by atoms with van der Waals surface area (Å²) in [7, 11) is 0. The van der Waals surface area contributed by atoms with Crippen LogP contribution in [0.1, 0.15) is 38.8 Å². The van der Waals surface area contributed by atoms with Crippen LogP contribution in [0.5, 0.6) is 0 Å². The lowest BCUT2D eigenvalue weighted by Gasteiger charge is -2.42. The maximum atomic E-state index is 3.72. The summed E-state index contributed by atoms with van der Waals surface area (Å²) < 4.78 is 0. The largest absolute Gasteiger partial charge is 0.309 e. The van der Waals surface area contributed by atoms with Crippen LogP contribution in [0.4, 0.5) is 0 Å². The second-order valence-corrected chi connectivity index (χ2v) is 5.89. The van der Waals surface area contributed by atoms with Crippen molar-refractivity contribution >= 4 is 0 Å². The molecule has 3 nitrogen and oxygen atoms in total. The van der Waals surface area contributed by atoms with E-state index < -0.39 is 0 Å². The van der Waals surface area contributed by atoms with Crippen molar-refractivity contribution in [1.29, 1.82) is 0 Å². The molecule has 118 valence electrons. The normalized spacial score (nSPS) is 20.3. The van der Waals surface area contributed by atoms with E-state index in [2.05, 4.69) is 66.2 Å². The van der Waals surface area contributed by atoms with E-state index in [0.717, 1.165) is 6.54 Å². The fourth-order valence-electron chi connectivity index (χ4n) is 3.47. The van der Waals surface area contributed by atoms with E-state index in [4.69, 9.17) is 0 Å². The lowest BCUT2D eigenvalue weighted by Crippen LogP contribution is -2.53. The van der Waals surface area contributed by atoms with Gasteiger partial charge >= 0.3 is 0 Å². The molecule has 1 fully saturated rings. The molecule has 0 radical (unpaired) electrons. The molecule has 3 heteroatoms. The van der Waals surface area contributed by atoms with Crippen LogP contribution in [0.15, 0.2) is 30.3 Å². The van der Waals surface area contributed by atoms with E-state index >= 15 is 0 Å². The van der Waals surface area contributed by atoms with Crippen molar-refractivity contribution < 1.29 is 0 Å². The number of rotatable bonds is 7. The number of nitrogens with one attached hydrogen (secondary N) is 1. The van der Waals surface area contributed by atoms with Gasteiger partial charge in [0.25, 0.3) is 0 Å². The Hall–Kier alpha value is -0.900. The summed E-state index contributed by atoms with van der Waals surface area (Å²) in [5.74, 6) is 0. The summed E-state index contributed by atoms with van der Waals surface area (Å²) >= 11 is 0. The minimum atomic E-state index is 0.439. The molecule has 1 heterocycles. The Labute approximate surface area is 130 Å². The SMILES string of the molecule is CCNC(c1ccccc1)C(CC)N1CCN(CC)CC1. The van der Waals surface area contributed by atoms with E-state index in [9.17, 15) is 0 Å². The van der Waals surface area contributed by atoms with E-state index in [1.54, 1.807) is 0 Å². The molecule has 1 N–H and O–H groups in total. The van der Waals surface area contributed by atoms with Gasteiger partial charge in [-0.05, 0) is 25.1 Å². The van der Waals surface area contributed by atoms with Crippen LogP contribution in [0.25, 0.3) is 0 Å². The highest BCUT2D eigenvalue weighted by Crippen LogP contribution is 2.24. The highest BCUT2D eigenvalue weighted by atomic mass is 15.3. The molecule has 0 amide bonds. The van der Waals surface area contributed by atoms with Crippen LogP contribution < -0.4 is 5.32 Å². The summed E-state index contributed by atoms with van der Waals surface area (Å²) in [6, 6.07) is 12.0. The molecule has 2 unspecified atom stereocenters. The summed E-state index contributed by atoms with van der Waals surface area (Å²) in [5, 5.41) is 3.72. The van der Waals surface area contributed by atoms with E-state index in [1.165, 1.54) is 44.7 Å². The lowest BCUT2D eigenvalue weighted by atomic mass is 9.95. The predicted molar refractivity (Wildman–Crippen MR) is 90.6 cm³/mol. The minimum Gasteiger partial charge on any atom is -0.309 e. The average Bonchev–Trinajstić information content (AvgIpc) is 2.56. The minimum absolute atomic E-state index is 0.439. The summed E-state index contributed by atoms with van der Waals surface area (Å²) in [5.41, 5.74) is 1.42. The molecule has 1 aromatic carbocycles. The fourth-order valence-corrected chi connectivity index (χ4v) is 3.47. The van der Waals surface area contributed by atoms with Gasteiger partial charge in [0, 0.05) is 38.3 Å². The molecular weight excluding hydrogens is 258 g/mol. The van der Waals surface area contributed by atoms with Gasteiger partial charge in [0.2, 0.25) is 0 Å². The Morgan fingerprint density at radius 2 is 1.67 bits per heavy atom. The number of nitrogens with zero attached hydrogens (tertiary/aromatic N) is 2. The van der Waals surface area contributed by atoms with Crippen molar-refractivity contribution in [1.82, 2.24) is 15.1 Å². The van der Waals surface area contributed by atoms with Crippen LogP contribution in [-0.2, 0) is 0 Å². The molecule has 0 spiro atoms. The molecule has 0 aliphatic carbocycles. The summed E-state index contributed by atoms with van der Waals surface area (Å²) in [4.78, 5) is 5.24. The summed E-state index contributed by atoms with van der Waals surface area (Å²) in [6.07, 6.45) is 1.19. The zero-order valence-corrected chi connectivity index (χ0v) is 13.9. The lowest BCUT2D eigenvalue weighted by molar-refractivity contribution is 0.0787. The van der Waals surface area contributed by atoms with Gasteiger partial charge in [-0.25, -0.2) is 0 Å². The standard InChI is InChI=1S/C18H31N3/c1-4-17(21-14-12-20(6-3)13-15-21)18(19-5-2)16-10-8-7-9-11-16/h7-11,17-19H,4-6,12-15H2,1-3H3. The van der Waals surface area contributed by atoms with E-state index in [0.29, 0.717) is 12.1 Å². The number of benzene rings is 1. The molecule has 0 aromatic heterocycles. The third-order valence-corrected chi connectivity index (χ3v) is 4.71. The molecule has 1 saturated heterocycles. The highest BCUT2D eigenvalue weighted by Gasteiger charge is 2.28. The van der Waals surface area contributed by atoms with Gasteiger partial charge in [-0.3, -0.25) is 4.90 Å². The average molecular weight is 289 g/mol. The molecule has 21 heavy (non-hydrogen) atoms.